The van der Waals surface area contributed by atoms with Crippen LogP contribution in [0.2, 0.25) is 0 Å². The molecule has 0 aliphatic heterocycles. The fourth-order valence-corrected chi connectivity index (χ4v) is 0. The molecule has 0 radical (unpaired) electrons. The second-order valence-electron chi connectivity index (χ2n) is 1.20. The number of nitrogens with two attached hydrogens (primary N) is 2. The number of rotatable bonds is 0. The minimum absolute atomic E-state index is 0.333. The standard InChI is InChI=1S/C2H6OS.CH5N3/c1-4(2)3;2-1(3)4/h1-2H3;(H5,2,3,4). The molecule has 5 N–H and O–H groups in total. The first-order valence-corrected chi connectivity index (χ1v) is 3.78. The second kappa shape index (κ2) is 6.42. The van der Waals surface area contributed by atoms with Crippen LogP contribution < -0.4 is 11.5 Å². The molecule has 50 valence electrons. The van der Waals surface area contributed by atoms with Crippen LogP contribution >= 0.6 is 0 Å². The van der Waals surface area contributed by atoms with E-state index in [0.717, 1.165) is 0 Å². The van der Waals surface area contributed by atoms with Crippen LogP contribution in [0.5, 0.6) is 0 Å². The lowest BCUT2D eigenvalue weighted by Crippen LogP contribution is -2.20. The molecule has 8 heavy (non-hydrogen) atoms. The average Bonchev–Trinajstić information content (AvgIpc) is 1.25. The van der Waals surface area contributed by atoms with E-state index in [2.05, 4.69) is 11.5 Å². The summed E-state index contributed by atoms with van der Waals surface area (Å²) in [5, 5.41) is 6.06. The molecule has 0 aromatic rings. The first-order valence-electron chi connectivity index (χ1n) is 1.81. The molecule has 0 saturated carbocycles. The molecule has 4 nitrogen and oxygen atoms in total. The fraction of sp³-hybridized carbons (Fsp3) is 0.667. The normalized spacial score (nSPS) is 7.38. The number of hydrogen-bond donors (Lipinski definition) is 3. The maximum Gasteiger partial charge on any atom is 0.183 e. The highest BCUT2D eigenvalue weighted by Crippen LogP contribution is 1.47. The monoisotopic (exact) mass is 137 g/mol. The van der Waals surface area contributed by atoms with Gasteiger partial charge in [0.15, 0.2) is 5.96 Å². The van der Waals surface area contributed by atoms with E-state index in [0.29, 0.717) is 0 Å². The van der Waals surface area contributed by atoms with Gasteiger partial charge < -0.3 is 11.5 Å². The van der Waals surface area contributed by atoms with E-state index in [1.165, 1.54) is 0 Å². The topological polar surface area (TPSA) is 93.0 Å². The van der Waals surface area contributed by atoms with Gasteiger partial charge in [0.25, 0.3) is 0 Å². The molecule has 5 heteroatoms. The van der Waals surface area contributed by atoms with Crippen LogP contribution in [-0.2, 0) is 10.8 Å². The van der Waals surface area contributed by atoms with Gasteiger partial charge in [-0.15, -0.1) is 0 Å². The van der Waals surface area contributed by atoms with Crippen LogP contribution in [0, 0.1) is 5.41 Å². The zero-order valence-corrected chi connectivity index (χ0v) is 5.79. The van der Waals surface area contributed by atoms with Crippen LogP contribution in [0.4, 0.5) is 0 Å². The van der Waals surface area contributed by atoms with Crippen LogP contribution in [0.1, 0.15) is 0 Å². The molecule has 0 atom stereocenters. The molecule has 0 unspecified atom stereocenters. The third kappa shape index (κ3) is 315. The van der Waals surface area contributed by atoms with Crippen LogP contribution in [0.15, 0.2) is 0 Å². The van der Waals surface area contributed by atoms with E-state index < -0.39 is 10.8 Å². The maximum absolute atomic E-state index is 9.56. The Morgan fingerprint density at radius 2 is 1.50 bits per heavy atom. The van der Waals surface area contributed by atoms with Crippen molar-refractivity contribution in [3.63, 3.8) is 0 Å². The van der Waals surface area contributed by atoms with Gasteiger partial charge in [0.05, 0.1) is 0 Å². The SMILES string of the molecule is CS(C)=O.N=C(N)N. The van der Waals surface area contributed by atoms with Crippen LogP contribution in [0.25, 0.3) is 0 Å². The highest BCUT2D eigenvalue weighted by Gasteiger charge is 1.57. The van der Waals surface area contributed by atoms with Gasteiger partial charge in [-0.3, -0.25) is 9.62 Å². The van der Waals surface area contributed by atoms with Crippen molar-refractivity contribution < 1.29 is 4.21 Å². The minimum Gasteiger partial charge on any atom is -0.370 e. The van der Waals surface area contributed by atoms with Crippen LogP contribution in [0.3, 0.4) is 0 Å². The van der Waals surface area contributed by atoms with Gasteiger partial charge in [-0.2, -0.15) is 0 Å². The van der Waals surface area contributed by atoms with Crippen molar-refractivity contribution in [3.05, 3.63) is 0 Å². The van der Waals surface area contributed by atoms with Crippen molar-refractivity contribution in [2.45, 2.75) is 0 Å². The summed E-state index contributed by atoms with van der Waals surface area (Å²) in [4.78, 5) is 0. The quantitative estimate of drug-likeness (QED) is 0.290. The Morgan fingerprint density at radius 3 is 1.50 bits per heavy atom. The van der Waals surface area contributed by atoms with E-state index in [-0.39, 0.29) is 5.96 Å². The van der Waals surface area contributed by atoms with Gasteiger partial charge in [0.1, 0.15) is 0 Å². The molecule has 0 saturated heterocycles. The lowest BCUT2D eigenvalue weighted by molar-refractivity contribution is 0.690. The summed E-state index contributed by atoms with van der Waals surface area (Å²) in [5.41, 5.74) is 8.94. The van der Waals surface area contributed by atoms with Crippen molar-refractivity contribution in [1.29, 1.82) is 5.41 Å². The minimum atomic E-state index is -0.611. The Morgan fingerprint density at radius 1 is 1.50 bits per heavy atom. The fourth-order valence-electron chi connectivity index (χ4n) is 0. The number of nitrogens with one attached hydrogen (secondary N) is 1. The van der Waals surface area contributed by atoms with Gasteiger partial charge in [-0.25, -0.2) is 0 Å². The van der Waals surface area contributed by atoms with Gasteiger partial charge in [-0.05, 0) is 0 Å². The molecule has 0 rings (SSSR count). The van der Waals surface area contributed by atoms with Gasteiger partial charge in [0.2, 0.25) is 0 Å². The van der Waals surface area contributed by atoms with Crippen molar-refractivity contribution in [2.24, 2.45) is 11.5 Å². The van der Waals surface area contributed by atoms with Gasteiger partial charge in [0, 0.05) is 23.3 Å². The van der Waals surface area contributed by atoms with Crippen molar-refractivity contribution in [1.82, 2.24) is 0 Å². The molecule has 0 bridgehead atoms. The summed E-state index contributed by atoms with van der Waals surface area (Å²) in [5.74, 6) is -0.333. The molecule has 0 amide bonds. The highest BCUT2D eigenvalue weighted by molar-refractivity contribution is 7.83. The lowest BCUT2D eigenvalue weighted by Gasteiger charge is -1.69. The maximum atomic E-state index is 9.56. The summed E-state index contributed by atoms with van der Waals surface area (Å²) < 4.78 is 9.56. The third-order valence-corrected chi connectivity index (χ3v) is 0. The Balaban J connectivity index is 0. The van der Waals surface area contributed by atoms with Crippen LogP contribution in [-0.4, -0.2) is 22.7 Å². The molecule has 0 aromatic heterocycles. The molecular weight excluding hydrogens is 126 g/mol. The largest absolute Gasteiger partial charge is 0.370 e. The number of hydrogen-bond acceptors (Lipinski definition) is 2. The summed E-state index contributed by atoms with van der Waals surface area (Å²) in [6.07, 6.45) is 3.28. The first-order chi connectivity index (χ1) is 3.46. The smallest absolute Gasteiger partial charge is 0.183 e. The zero-order valence-electron chi connectivity index (χ0n) is 4.97. The molecule has 0 spiro atoms. The lowest BCUT2D eigenvalue weighted by atomic mass is 11.1. The van der Waals surface area contributed by atoms with E-state index in [1.807, 2.05) is 0 Å². The highest BCUT2D eigenvalue weighted by atomic mass is 32.2. The number of guanidine groups is 1. The molecular formula is C3H11N3OS. The third-order valence-electron chi connectivity index (χ3n) is 0. The average molecular weight is 137 g/mol. The summed E-state index contributed by atoms with van der Waals surface area (Å²) >= 11 is 0. The van der Waals surface area contributed by atoms with Crippen molar-refractivity contribution in [3.8, 4) is 0 Å². The summed E-state index contributed by atoms with van der Waals surface area (Å²) in [6, 6.07) is 0. The molecule has 0 heterocycles. The molecule has 0 aromatic carbocycles. The Labute approximate surface area is 51.2 Å². The van der Waals surface area contributed by atoms with E-state index in [9.17, 15) is 4.21 Å². The van der Waals surface area contributed by atoms with E-state index in [4.69, 9.17) is 5.41 Å². The summed E-state index contributed by atoms with van der Waals surface area (Å²) in [6.45, 7) is 0. The predicted octanol–water partition coefficient (Wildman–Crippen LogP) is -1.17. The predicted molar refractivity (Wildman–Crippen MR) is 36.1 cm³/mol. The van der Waals surface area contributed by atoms with Gasteiger partial charge >= 0.3 is 0 Å². The molecule has 0 fully saturated rings. The zero-order chi connectivity index (χ0) is 7.15. The van der Waals surface area contributed by atoms with Crippen molar-refractivity contribution in [2.75, 3.05) is 12.5 Å². The first kappa shape index (κ1) is 10.4. The van der Waals surface area contributed by atoms with E-state index >= 15 is 0 Å². The van der Waals surface area contributed by atoms with Crippen molar-refractivity contribution >= 4 is 16.8 Å². The Kier molecular flexibility index (Phi) is 8.35. The Bertz CT molecular complexity index is 72.5. The molecule has 0 aliphatic rings. The summed E-state index contributed by atoms with van der Waals surface area (Å²) in [7, 11) is -0.611. The van der Waals surface area contributed by atoms with Gasteiger partial charge in [-0.1, -0.05) is 0 Å². The molecule has 0 aliphatic carbocycles. The second-order valence-corrected chi connectivity index (χ2v) is 2.68. The van der Waals surface area contributed by atoms with E-state index in [1.54, 1.807) is 12.5 Å². The Hall–Kier alpha value is -0.580.